The quantitative estimate of drug-likeness (QED) is 0.828. The summed E-state index contributed by atoms with van der Waals surface area (Å²) >= 11 is 5.91. The smallest absolute Gasteiger partial charge is 0.242 e. The number of nitrogen functional groups attached to an aromatic ring is 1. The van der Waals surface area contributed by atoms with Crippen LogP contribution in [0.15, 0.2) is 23.1 Å². The molecule has 5 nitrogen and oxygen atoms in total. The summed E-state index contributed by atoms with van der Waals surface area (Å²) in [5.74, 6) is 0.219. The molecule has 0 saturated carbocycles. The van der Waals surface area contributed by atoms with Crippen LogP contribution in [0.5, 0.6) is 0 Å². The SMILES string of the molecule is Nc1ccc(S(=O)(=O)NCC2CCCOC2)c(Cl)c1. The van der Waals surface area contributed by atoms with Crippen molar-refractivity contribution in [2.24, 2.45) is 5.92 Å². The van der Waals surface area contributed by atoms with Gasteiger partial charge in [-0.2, -0.15) is 0 Å². The zero-order chi connectivity index (χ0) is 13.9. The standard InChI is InChI=1S/C12H17ClN2O3S/c13-11-6-10(14)3-4-12(11)19(16,17)15-7-9-2-1-5-18-8-9/h3-4,6,9,15H,1-2,5,7-8,14H2. The van der Waals surface area contributed by atoms with Gasteiger partial charge in [0.25, 0.3) is 0 Å². The number of nitrogens with one attached hydrogen (secondary N) is 1. The fraction of sp³-hybridized carbons (Fsp3) is 0.500. The Morgan fingerprint density at radius 3 is 2.89 bits per heavy atom. The lowest BCUT2D eigenvalue weighted by molar-refractivity contribution is 0.0568. The second-order valence-corrected chi connectivity index (χ2v) is 6.77. The van der Waals surface area contributed by atoms with Gasteiger partial charge in [0.05, 0.1) is 11.6 Å². The minimum absolute atomic E-state index is 0.0556. The Labute approximate surface area is 118 Å². The van der Waals surface area contributed by atoms with Gasteiger partial charge >= 0.3 is 0 Å². The molecule has 19 heavy (non-hydrogen) atoms. The molecule has 0 aliphatic carbocycles. The first kappa shape index (κ1) is 14.6. The number of halogens is 1. The van der Waals surface area contributed by atoms with Gasteiger partial charge in [0.1, 0.15) is 4.90 Å². The molecule has 2 rings (SSSR count). The van der Waals surface area contributed by atoms with E-state index < -0.39 is 10.0 Å². The largest absolute Gasteiger partial charge is 0.399 e. The van der Waals surface area contributed by atoms with Crippen LogP contribution in [0.3, 0.4) is 0 Å². The number of anilines is 1. The van der Waals surface area contributed by atoms with E-state index in [1.165, 1.54) is 18.2 Å². The molecule has 1 aliphatic heterocycles. The second-order valence-electron chi connectivity index (χ2n) is 4.62. The summed E-state index contributed by atoms with van der Waals surface area (Å²) in [7, 11) is -3.60. The maximum absolute atomic E-state index is 12.1. The first-order chi connectivity index (χ1) is 8.99. The summed E-state index contributed by atoms with van der Waals surface area (Å²) in [6.45, 7) is 1.72. The third-order valence-corrected chi connectivity index (χ3v) is 4.97. The van der Waals surface area contributed by atoms with Gasteiger partial charge in [-0.15, -0.1) is 0 Å². The number of ether oxygens (including phenoxy) is 1. The Morgan fingerprint density at radius 1 is 1.47 bits per heavy atom. The Balaban J connectivity index is 2.05. The molecule has 0 spiro atoms. The van der Waals surface area contributed by atoms with Crippen molar-refractivity contribution >= 4 is 27.3 Å². The van der Waals surface area contributed by atoms with Gasteiger partial charge in [-0.05, 0) is 37.0 Å². The molecule has 0 aromatic heterocycles. The average Bonchev–Trinajstić information content (AvgIpc) is 2.37. The molecule has 1 heterocycles. The first-order valence-electron chi connectivity index (χ1n) is 6.11. The number of hydrogen-bond acceptors (Lipinski definition) is 4. The molecule has 1 aliphatic rings. The molecular formula is C12H17ClN2O3S. The topological polar surface area (TPSA) is 81.4 Å². The zero-order valence-electron chi connectivity index (χ0n) is 10.4. The van der Waals surface area contributed by atoms with Gasteiger partial charge in [0.2, 0.25) is 10.0 Å². The Hall–Kier alpha value is -0.820. The van der Waals surface area contributed by atoms with Crippen LogP contribution in [0.25, 0.3) is 0 Å². The van der Waals surface area contributed by atoms with E-state index >= 15 is 0 Å². The number of rotatable bonds is 4. The summed E-state index contributed by atoms with van der Waals surface area (Å²) in [4.78, 5) is 0.0556. The molecule has 1 saturated heterocycles. The molecule has 1 aromatic carbocycles. The summed E-state index contributed by atoms with van der Waals surface area (Å²) < 4.78 is 32.1. The van der Waals surface area contributed by atoms with Crippen LogP contribution in [-0.2, 0) is 14.8 Å². The molecule has 1 fully saturated rings. The highest BCUT2D eigenvalue weighted by Gasteiger charge is 2.21. The van der Waals surface area contributed by atoms with Crippen LogP contribution in [0.4, 0.5) is 5.69 Å². The molecule has 3 N–H and O–H groups in total. The monoisotopic (exact) mass is 304 g/mol. The van der Waals surface area contributed by atoms with Crippen LogP contribution in [-0.4, -0.2) is 28.2 Å². The van der Waals surface area contributed by atoms with Crippen molar-refractivity contribution in [3.05, 3.63) is 23.2 Å². The molecule has 1 atom stereocenters. The molecule has 7 heteroatoms. The van der Waals surface area contributed by atoms with Gasteiger partial charge in [-0.1, -0.05) is 11.6 Å². The van der Waals surface area contributed by atoms with E-state index in [0.29, 0.717) is 18.8 Å². The highest BCUT2D eigenvalue weighted by molar-refractivity contribution is 7.89. The first-order valence-corrected chi connectivity index (χ1v) is 7.97. The fourth-order valence-corrected chi connectivity index (χ4v) is 3.68. The van der Waals surface area contributed by atoms with Crippen molar-refractivity contribution in [1.82, 2.24) is 4.72 Å². The Morgan fingerprint density at radius 2 is 2.26 bits per heavy atom. The highest BCUT2D eigenvalue weighted by atomic mass is 35.5. The van der Waals surface area contributed by atoms with Crippen molar-refractivity contribution in [1.29, 1.82) is 0 Å². The summed E-state index contributed by atoms with van der Waals surface area (Å²) in [5, 5.41) is 0.132. The van der Waals surface area contributed by atoms with Gasteiger partial charge in [0, 0.05) is 18.8 Å². The molecule has 0 radical (unpaired) electrons. The lowest BCUT2D eigenvalue weighted by Crippen LogP contribution is -2.33. The molecule has 0 amide bonds. The van der Waals surface area contributed by atoms with Crippen LogP contribution in [0.2, 0.25) is 5.02 Å². The van der Waals surface area contributed by atoms with Crippen LogP contribution < -0.4 is 10.5 Å². The number of sulfonamides is 1. The van der Waals surface area contributed by atoms with Gasteiger partial charge in [-0.25, -0.2) is 13.1 Å². The number of benzene rings is 1. The minimum atomic E-state index is -3.60. The van der Waals surface area contributed by atoms with Crippen LogP contribution >= 0.6 is 11.6 Å². The molecule has 1 unspecified atom stereocenters. The number of hydrogen-bond donors (Lipinski definition) is 2. The zero-order valence-corrected chi connectivity index (χ0v) is 12.0. The van der Waals surface area contributed by atoms with Crippen molar-refractivity contribution < 1.29 is 13.2 Å². The third kappa shape index (κ3) is 3.82. The maximum atomic E-state index is 12.1. The Kier molecular flexibility index (Phi) is 4.67. The molecule has 106 valence electrons. The van der Waals surface area contributed by atoms with Crippen molar-refractivity contribution in [2.45, 2.75) is 17.7 Å². The summed E-state index contributed by atoms with van der Waals surface area (Å²) in [6.07, 6.45) is 1.94. The van der Waals surface area contributed by atoms with Crippen LogP contribution in [0, 0.1) is 5.92 Å². The van der Waals surface area contributed by atoms with Crippen LogP contribution in [0.1, 0.15) is 12.8 Å². The van der Waals surface area contributed by atoms with Crippen molar-refractivity contribution in [3.63, 3.8) is 0 Å². The lowest BCUT2D eigenvalue weighted by Gasteiger charge is -2.22. The van der Waals surface area contributed by atoms with Gasteiger partial charge in [0.15, 0.2) is 0 Å². The van der Waals surface area contributed by atoms with E-state index in [4.69, 9.17) is 22.1 Å². The average molecular weight is 305 g/mol. The lowest BCUT2D eigenvalue weighted by atomic mass is 10.0. The summed E-state index contributed by atoms with van der Waals surface area (Å²) in [5.41, 5.74) is 5.98. The van der Waals surface area contributed by atoms with E-state index in [0.717, 1.165) is 19.4 Å². The van der Waals surface area contributed by atoms with Crippen molar-refractivity contribution in [3.8, 4) is 0 Å². The van der Waals surface area contributed by atoms with E-state index in [9.17, 15) is 8.42 Å². The third-order valence-electron chi connectivity index (χ3n) is 3.06. The number of nitrogens with two attached hydrogens (primary N) is 1. The van der Waals surface area contributed by atoms with Gasteiger partial charge in [-0.3, -0.25) is 0 Å². The molecule has 0 bridgehead atoms. The molecule has 1 aromatic rings. The summed E-state index contributed by atoms with van der Waals surface area (Å²) in [6, 6.07) is 4.36. The highest BCUT2D eigenvalue weighted by Crippen LogP contribution is 2.24. The van der Waals surface area contributed by atoms with E-state index in [-0.39, 0.29) is 15.8 Å². The second kappa shape index (κ2) is 6.09. The maximum Gasteiger partial charge on any atom is 0.242 e. The van der Waals surface area contributed by atoms with E-state index in [1.54, 1.807) is 0 Å². The Bertz CT molecular complexity index is 542. The van der Waals surface area contributed by atoms with E-state index in [1.807, 2.05) is 0 Å². The predicted molar refractivity (Wildman–Crippen MR) is 74.6 cm³/mol. The van der Waals surface area contributed by atoms with E-state index in [2.05, 4.69) is 4.72 Å². The van der Waals surface area contributed by atoms with Gasteiger partial charge < -0.3 is 10.5 Å². The van der Waals surface area contributed by atoms with Crippen molar-refractivity contribution in [2.75, 3.05) is 25.5 Å². The normalized spacial score (nSPS) is 20.4. The molecular weight excluding hydrogens is 288 g/mol. The minimum Gasteiger partial charge on any atom is -0.399 e. The predicted octanol–water partition coefficient (Wildman–Crippen LogP) is 1.63. The fourth-order valence-electron chi connectivity index (χ4n) is 2.01.